The topological polar surface area (TPSA) is 15.3 Å². The summed E-state index contributed by atoms with van der Waals surface area (Å²) in [5, 5.41) is 3.47. The predicted molar refractivity (Wildman–Crippen MR) is 88.1 cm³/mol. The van der Waals surface area contributed by atoms with E-state index < -0.39 is 0 Å². The molecule has 2 aliphatic rings. The smallest absolute Gasteiger partial charge is 0.0282 e. The predicted octanol–water partition coefficient (Wildman–Crippen LogP) is 3.90. The van der Waals surface area contributed by atoms with Crippen molar-refractivity contribution in [3.8, 4) is 0 Å². The molecule has 0 spiro atoms. The van der Waals surface area contributed by atoms with Gasteiger partial charge in [-0.25, -0.2) is 0 Å². The van der Waals surface area contributed by atoms with Crippen LogP contribution in [0.4, 0.5) is 0 Å². The monoisotopic (exact) mass is 276 g/mol. The van der Waals surface area contributed by atoms with Gasteiger partial charge in [-0.15, -0.1) is 6.58 Å². The molecule has 0 bridgehead atoms. The summed E-state index contributed by atoms with van der Waals surface area (Å²) in [4.78, 5) is 2.73. The number of nitrogens with zero attached hydrogens (tertiary/aromatic N) is 1. The highest BCUT2D eigenvalue weighted by atomic mass is 15.2. The number of hydrogen-bond donors (Lipinski definition) is 1. The van der Waals surface area contributed by atoms with E-state index in [1.54, 1.807) is 5.57 Å². The summed E-state index contributed by atoms with van der Waals surface area (Å²) in [6, 6.07) is 0. The molecule has 0 saturated carbocycles. The van der Waals surface area contributed by atoms with Gasteiger partial charge < -0.3 is 5.32 Å². The van der Waals surface area contributed by atoms with Crippen LogP contribution in [0.5, 0.6) is 0 Å². The van der Waals surface area contributed by atoms with Crippen molar-refractivity contribution in [2.24, 2.45) is 0 Å². The van der Waals surface area contributed by atoms with Crippen molar-refractivity contribution in [2.45, 2.75) is 63.8 Å². The maximum absolute atomic E-state index is 4.01. The molecule has 1 unspecified atom stereocenters. The molecule has 0 aromatic carbocycles. The molecule has 1 N–H and O–H groups in total. The molecule has 1 aliphatic heterocycles. The lowest BCUT2D eigenvalue weighted by molar-refractivity contribution is 0.0644. The molecule has 0 aromatic rings. The fourth-order valence-electron chi connectivity index (χ4n) is 3.77. The highest BCUT2D eigenvalue weighted by Gasteiger charge is 2.36. The third kappa shape index (κ3) is 3.95. The van der Waals surface area contributed by atoms with Gasteiger partial charge in [0.1, 0.15) is 0 Å². The second-order valence-corrected chi connectivity index (χ2v) is 6.48. The first-order valence-corrected chi connectivity index (χ1v) is 8.55. The Bertz CT molecular complexity index is 328. The summed E-state index contributed by atoms with van der Waals surface area (Å²) < 4.78 is 0. The Morgan fingerprint density at radius 2 is 2.15 bits per heavy atom. The maximum atomic E-state index is 4.01. The summed E-state index contributed by atoms with van der Waals surface area (Å²) in [5.41, 5.74) is 2.09. The van der Waals surface area contributed by atoms with Crippen LogP contribution in [0, 0.1) is 0 Å². The quantitative estimate of drug-likeness (QED) is 0.560. The normalized spacial score (nSPS) is 28.1. The van der Waals surface area contributed by atoms with Crippen LogP contribution in [-0.4, -0.2) is 36.6 Å². The Labute approximate surface area is 125 Å². The summed E-state index contributed by atoms with van der Waals surface area (Å²) >= 11 is 0. The Hall–Kier alpha value is -0.600. The van der Waals surface area contributed by atoms with Gasteiger partial charge >= 0.3 is 0 Å². The fraction of sp³-hybridized carbons (Fsp3) is 0.778. The van der Waals surface area contributed by atoms with Crippen molar-refractivity contribution >= 4 is 0 Å². The first kappa shape index (κ1) is 15.8. The van der Waals surface area contributed by atoms with Crippen LogP contribution in [0.2, 0.25) is 0 Å². The molecule has 1 heterocycles. The molecule has 114 valence electrons. The Balaban J connectivity index is 1.95. The average molecular weight is 276 g/mol. The zero-order valence-corrected chi connectivity index (χ0v) is 13.3. The Kier molecular flexibility index (Phi) is 6.31. The summed E-state index contributed by atoms with van der Waals surface area (Å²) in [5.74, 6) is 0. The van der Waals surface area contributed by atoms with Gasteiger partial charge in [-0.1, -0.05) is 37.5 Å². The van der Waals surface area contributed by atoms with Gasteiger partial charge in [-0.05, 0) is 38.5 Å². The highest BCUT2D eigenvalue weighted by Crippen LogP contribution is 2.37. The van der Waals surface area contributed by atoms with E-state index in [2.05, 4.69) is 35.9 Å². The minimum Gasteiger partial charge on any atom is -0.314 e. The minimum atomic E-state index is 0.373. The van der Waals surface area contributed by atoms with Gasteiger partial charge in [0.25, 0.3) is 0 Å². The molecular formula is C18H32N2. The molecule has 20 heavy (non-hydrogen) atoms. The molecule has 2 nitrogen and oxygen atoms in total. The van der Waals surface area contributed by atoms with Crippen LogP contribution in [0.3, 0.4) is 0 Å². The summed E-state index contributed by atoms with van der Waals surface area (Å²) in [6.07, 6.45) is 15.1. The van der Waals surface area contributed by atoms with Crippen molar-refractivity contribution in [1.29, 1.82) is 0 Å². The van der Waals surface area contributed by atoms with E-state index in [1.165, 1.54) is 58.0 Å². The lowest BCUT2D eigenvalue weighted by atomic mass is 9.77. The van der Waals surface area contributed by atoms with E-state index in [-0.39, 0.29) is 0 Å². The molecule has 1 saturated heterocycles. The SMILES string of the molecule is C=CCC1(N2CCNCC2)CC=C(CCCCC)CC1. The molecule has 1 atom stereocenters. The lowest BCUT2D eigenvalue weighted by Gasteiger charge is -2.47. The second kappa shape index (κ2) is 7.99. The van der Waals surface area contributed by atoms with Crippen LogP contribution in [0.25, 0.3) is 0 Å². The molecule has 0 amide bonds. The van der Waals surface area contributed by atoms with Crippen LogP contribution in [-0.2, 0) is 0 Å². The number of rotatable bonds is 7. The highest BCUT2D eigenvalue weighted by molar-refractivity contribution is 5.14. The third-order valence-corrected chi connectivity index (χ3v) is 5.10. The number of unbranched alkanes of at least 4 members (excludes halogenated alkanes) is 2. The Morgan fingerprint density at radius 1 is 1.35 bits per heavy atom. The van der Waals surface area contributed by atoms with Crippen molar-refractivity contribution in [3.05, 3.63) is 24.3 Å². The average Bonchev–Trinajstić information content (AvgIpc) is 2.50. The molecule has 1 fully saturated rings. The van der Waals surface area contributed by atoms with E-state index >= 15 is 0 Å². The van der Waals surface area contributed by atoms with E-state index in [1.807, 2.05) is 0 Å². The minimum absolute atomic E-state index is 0.373. The third-order valence-electron chi connectivity index (χ3n) is 5.10. The zero-order valence-electron chi connectivity index (χ0n) is 13.3. The Morgan fingerprint density at radius 3 is 2.75 bits per heavy atom. The van der Waals surface area contributed by atoms with Crippen LogP contribution in [0.1, 0.15) is 58.3 Å². The molecule has 0 aromatic heterocycles. The van der Waals surface area contributed by atoms with E-state index in [9.17, 15) is 0 Å². The van der Waals surface area contributed by atoms with Gasteiger partial charge in [-0.2, -0.15) is 0 Å². The van der Waals surface area contributed by atoms with Crippen molar-refractivity contribution in [3.63, 3.8) is 0 Å². The van der Waals surface area contributed by atoms with Crippen molar-refractivity contribution in [1.82, 2.24) is 10.2 Å². The number of piperazine rings is 1. The second-order valence-electron chi connectivity index (χ2n) is 6.48. The maximum Gasteiger partial charge on any atom is 0.0282 e. The van der Waals surface area contributed by atoms with E-state index in [0.717, 1.165) is 19.5 Å². The first-order chi connectivity index (χ1) is 9.80. The summed E-state index contributed by atoms with van der Waals surface area (Å²) in [6.45, 7) is 11.0. The molecule has 2 heteroatoms. The van der Waals surface area contributed by atoms with Crippen LogP contribution >= 0.6 is 0 Å². The van der Waals surface area contributed by atoms with Gasteiger partial charge in [0.05, 0.1) is 0 Å². The summed E-state index contributed by atoms with van der Waals surface area (Å²) in [7, 11) is 0. The fourth-order valence-corrected chi connectivity index (χ4v) is 3.77. The number of allylic oxidation sites excluding steroid dienone is 1. The first-order valence-electron chi connectivity index (χ1n) is 8.55. The van der Waals surface area contributed by atoms with Crippen molar-refractivity contribution in [2.75, 3.05) is 26.2 Å². The van der Waals surface area contributed by atoms with E-state index in [0.29, 0.717) is 5.54 Å². The van der Waals surface area contributed by atoms with Gasteiger partial charge in [0.15, 0.2) is 0 Å². The molecule has 0 radical (unpaired) electrons. The largest absolute Gasteiger partial charge is 0.314 e. The lowest BCUT2D eigenvalue weighted by Crippen LogP contribution is -2.56. The molecular weight excluding hydrogens is 244 g/mol. The standard InChI is InChI=1S/C18H32N2/c1-3-5-6-7-17-8-11-18(10-4-2,12-9-17)20-15-13-19-14-16-20/h4,8,19H,2-3,5-7,9-16H2,1H3. The van der Waals surface area contributed by atoms with Gasteiger partial charge in [-0.3, -0.25) is 4.90 Å². The number of hydrogen-bond acceptors (Lipinski definition) is 2. The van der Waals surface area contributed by atoms with Crippen molar-refractivity contribution < 1.29 is 0 Å². The van der Waals surface area contributed by atoms with Gasteiger partial charge in [0, 0.05) is 31.7 Å². The number of nitrogens with one attached hydrogen (secondary N) is 1. The zero-order chi connectivity index (χ0) is 14.3. The molecule has 2 rings (SSSR count). The van der Waals surface area contributed by atoms with Crippen LogP contribution in [0.15, 0.2) is 24.3 Å². The molecule has 1 aliphatic carbocycles. The van der Waals surface area contributed by atoms with E-state index in [4.69, 9.17) is 0 Å². The van der Waals surface area contributed by atoms with Gasteiger partial charge in [0.2, 0.25) is 0 Å². The van der Waals surface area contributed by atoms with Crippen LogP contribution < -0.4 is 5.32 Å².